The summed E-state index contributed by atoms with van der Waals surface area (Å²) < 4.78 is 0. The lowest BCUT2D eigenvalue weighted by atomic mass is 9.62. The molecule has 2 aromatic carbocycles. The predicted molar refractivity (Wildman–Crippen MR) is 130 cm³/mol. The highest BCUT2D eigenvalue weighted by Crippen LogP contribution is 2.53. The van der Waals surface area contributed by atoms with Crippen LogP contribution in [0, 0.1) is 39.0 Å². The van der Waals surface area contributed by atoms with Crippen molar-refractivity contribution in [3.05, 3.63) is 92.3 Å². The minimum absolute atomic E-state index is 0.0997. The Bertz CT molecular complexity index is 1130. The van der Waals surface area contributed by atoms with E-state index >= 15 is 0 Å². The molecule has 1 atom stereocenters. The topological polar surface area (TPSA) is 74.6 Å². The molecule has 2 N–H and O–H groups in total. The van der Waals surface area contributed by atoms with Crippen LogP contribution in [0.1, 0.15) is 63.7 Å². The van der Waals surface area contributed by atoms with E-state index in [1.807, 2.05) is 77.9 Å². The zero-order valence-electron chi connectivity index (χ0n) is 19.8. The zero-order valence-corrected chi connectivity index (χ0v) is 20.7. The standard InChI is InChI=1S/C27H31O4P/c1-15-10-8-11-16(2)22(15)25(28)20-14-21(32(30)31)19(5)24(27(20,6)7)26(29)23-17(3)12-9-13-18(23)4/h8-14,24,30-31H,1-7H3. The van der Waals surface area contributed by atoms with Gasteiger partial charge in [0.25, 0.3) is 0 Å². The molecule has 0 heterocycles. The minimum atomic E-state index is -2.47. The largest absolute Gasteiger partial charge is 0.347 e. The lowest BCUT2D eigenvalue weighted by Gasteiger charge is -2.40. The van der Waals surface area contributed by atoms with Crippen molar-refractivity contribution in [1.82, 2.24) is 0 Å². The number of hydrogen-bond donors (Lipinski definition) is 2. The maximum atomic E-state index is 13.9. The van der Waals surface area contributed by atoms with E-state index in [1.165, 1.54) is 0 Å². The highest BCUT2D eigenvalue weighted by molar-refractivity contribution is 7.50. The molecule has 5 heteroatoms. The monoisotopic (exact) mass is 450 g/mol. The van der Waals surface area contributed by atoms with Crippen LogP contribution in [0.2, 0.25) is 0 Å². The summed E-state index contributed by atoms with van der Waals surface area (Å²) in [6.07, 6.45) is 1.60. The van der Waals surface area contributed by atoms with Crippen molar-refractivity contribution < 1.29 is 19.4 Å². The molecular weight excluding hydrogens is 419 g/mol. The van der Waals surface area contributed by atoms with Crippen LogP contribution < -0.4 is 0 Å². The van der Waals surface area contributed by atoms with Gasteiger partial charge >= 0.3 is 0 Å². The molecule has 32 heavy (non-hydrogen) atoms. The first-order valence-electron chi connectivity index (χ1n) is 10.7. The van der Waals surface area contributed by atoms with E-state index in [0.29, 0.717) is 22.3 Å². The molecule has 2 aromatic rings. The zero-order chi connectivity index (χ0) is 24.0. The van der Waals surface area contributed by atoms with Crippen molar-refractivity contribution in [2.24, 2.45) is 11.3 Å². The lowest BCUT2D eigenvalue weighted by Crippen LogP contribution is -2.39. The van der Waals surface area contributed by atoms with Crippen LogP contribution in [0.15, 0.2) is 58.9 Å². The van der Waals surface area contributed by atoms with E-state index < -0.39 is 19.7 Å². The molecular formula is C27H31O4P. The fourth-order valence-electron chi connectivity index (χ4n) is 5.03. The van der Waals surface area contributed by atoms with Gasteiger partial charge in [-0.05, 0) is 68.5 Å². The lowest BCUT2D eigenvalue weighted by molar-refractivity contribution is 0.0849. The second-order valence-electron chi connectivity index (χ2n) is 9.30. The number of hydrogen-bond acceptors (Lipinski definition) is 4. The Balaban J connectivity index is 2.24. The minimum Gasteiger partial charge on any atom is -0.347 e. The number of aryl methyl sites for hydroxylation is 4. The summed E-state index contributed by atoms with van der Waals surface area (Å²) in [6.45, 7) is 13.2. The van der Waals surface area contributed by atoms with Crippen LogP contribution in [-0.2, 0) is 0 Å². The number of benzene rings is 2. The summed E-state index contributed by atoms with van der Waals surface area (Å²) in [5.41, 5.74) is 4.87. The van der Waals surface area contributed by atoms with Gasteiger partial charge in [-0.15, -0.1) is 0 Å². The number of rotatable bonds is 5. The molecule has 3 rings (SSSR count). The molecule has 1 aliphatic carbocycles. The Morgan fingerprint density at radius 2 is 1.25 bits per heavy atom. The molecule has 0 amide bonds. The molecule has 0 radical (unpaired) electrons. The van der Waals surface area contributed by atoms with Gasteiger partial charge in [-0.2, -0.15) is 0 Å². The van der Waals surface area contributed by atoms with Gasteiger partial charge in [0.1, 0.15) is 0 Å². The predicted octanol–water partition coefficient (Wildman–Crippen LogP) is 6.14. The fraction of sp³-hybridized carbons (Fsp3) is 0.333. The number of carbonyl (C=O) groups excluding carboxylic acids is 2. The summed E-state index contributed by atoms with van der Waals surface area (Å²) in [4.78, 5) is 48.1. The first-order chi connectivity index (χ1) is 14.9. The van der Waals surface area contributed by atoms with E-state index in [9.17, 15) is 19.4 Å². The second kappa shape index (κ2) is 8.86. The summed E-state index contributed by atoms with van der Waals surface area (Å²) >= 11 is 0. The number of Topliss-reactive ketones (excluding diaryl/α,β-unsaturated/α-hetero) is 2. The average Bonchev–Trinajstić information content (AvgIpc) is 2.66. The number of carbonyl (C=O) groups is 2. The average molecular weight is 451 g/mol. The summed E-state index contributed by atoms with van der Waals surface area (Å²) in [6, 6.07) is 11.4. The molecule has 168 valence electrons. The van der Waals surface area contributed by atoms with Crippen molar-refractivity contribution >= 4 is 19.9 Å². The molecule has 1 aliphatic rings. The summed E-state index contributed by atoms with van der Waals surface area (Å²) in [5, 5.41) is 0.276. The summed E-state index contributed by atoms with van der Waals surface area (Å²) in [7, 11) is -2.47. The van der Waals surface area contributed by atoms with Crippen LogP contribution >= 0.6 is 8.38 Å². The Morgan fingerprint density at radius 1 is 0.812 bits per heavy atom. The maximum Gasteiger partial charge on any atom is 0.199 e. The van der Waals surface area contributed by atoms with Gasteiger partial charge in [0.2, 0.25) is 0 Å². The van der Waals surface area contributed by atoms with Gasteiger partial charge in [-0.1, -0.05) is 50.2 Å². The van der Waals surface area contributed by atoms with Crippen LogP contribution in [0.25, 0.3) is 0 Å². The van der Waals surface area contributed by atoms with Crippen molar-refractivity contribution in [3.8, 4) is 0 Å². The van der Waals surface area contributed by atoms with Crippen LogP contribution in [0.3, 0.4) is 0 Å². The molecule has 0 aromatic heterocycles. The van der Waals surface area contributed by atoms with Gasteiger partial charge in [0.15, 0.2) is 19.9 Å². The second-order valence-corrected chi connectivity index (χ2v) is 10.4. The van der Waals surface area contributed by atoms with Crippen molar-refractivity contribution in [1.29, 1.82) is 0 Å². The van der Waals surface area contributed by atoms with E-state index in [2.05, 4.69) is 0 Å². The van der Waals surface area contributed by atoms with Gasteiger partial charge < -0.3 is 9.79 Å². The van der Waals surface area contributed by atoms with Crippen LogP contribution in [0.5, 0.6) is 0 Å². The van der Waals surface area contributed by atoms with E-state index in [0.717, 1.165) is 22.3 Å². The third-order valence-electron chi connectivity index (χ3n) is 6.69. The van der Waals surface area contributed by atoms with Crippen molar-refractivity contribution in [3.63, 3.8) is 0 Å². The highest BCUT2D eigenvalue weighted by Gasteiger charge is 2.46. The third kappa shape index (κ3) is 4.03. The first kappa shape index (κ1) is 24.3. The molecule has 0 aliphatic heterocycles. The Morgan fingerprint density at radius 3 is 1.69 bits per heavy atom. The number of ketones is 2. The Labute approximate surface area is 191 Å². The first-order valence-corrected chi connectivity index (χ1v) is 12.0. The molecule has 0 spiro atoms. The Hall–Kier alpha value is -2.39. The van der Waals surface area contributed by atoms with Crippen LogP contribution in [-0.4, -0.2) is 21.4 Å². The molecule has 4 nitrogen and oxygen atoms in total. The van der Waals surface area contributed by atoms with Gasteiger partial charge in [0, 0.05) is 27.4 Å². The van der Waals surface area contributed by atoms with Crippen molar-refractivity contribution in [2.75, 3.05) is 0 Å². The Kier molecular flexibility index (Phi) is 6.72. The van der Waals surface area contributed by atoms with E-state index in [4.69, 9.17) is 0 Å². The van der Waals surface area contributed by atoms with E-state index in [1.54, 1.807) is 13.0 Å². The highest BCUT2D eigenvalue weighted by atomic mass is 31.2. The number of allylic oxidation sites excluding steroid dienone is 4. The SMILES string of the molecule is CC1=C(P(O)O)C=C(C(=O)c2c(C)cccc2C)C(C)(C)C1C(=O)c1c(C)cccc1C. The smallest absolute Gasteiger partial charge is 0.199 e. The molecule has 0 saturated heterocycles. The third-order valence-corrected chi connectivity index (χ3v) is 7.60. The maximum absolute atomic E-state index is 13.9. The quantitative estimate of drug-likeness (QED) is 0.424. The van der Waals surface area contributed by atoms with Gasteiger partial charge in [-0.3, -0.25) is 9.59 Å². The summed E-state index contributed by atoms with van der Waals surface area (Å²) in [5.74, 6) is -0.959. The normalized spacial score (nSPS) is 18.1. The van der Waals surface area contributed by atoms with Crippen molar-refractivity contribution in [2.45, 2.75) is 48.5 Å². The molecule has 1 unspecified atom stereocenters. The van der Waals surface area contributed by atoms with Gasteiger partial charge in [-0.25, -0.2) is 0 Å². The van der Waals surface area contributed by atoms with Crippen LogP contribution in [0.4, 0.5) is 0 Å². The molecule has 0 bridgehead atoms. The fourth-order valence-corrected chi connectivity index (χ4v) is 5.72. The van der Waals surface area contributed by atoms with E-state index in [-0.39, 0.29) is 16.9 Å². The molecule has 0 fully saturated rings. The van der Waals surface area contributed by atoms with Gasteiger partial charge in [0.05, 0.1) is 5.92 Å². The molecule has 0 saturated carbocycles.